The van der Waals surface area contributed by atoms with Crippen molar-refractivity contribution in [1.82, 2.24) is 0 Å². The summed E-state index contributed by atoms with van der Waals surface area (Å²) in [6.45, 7) is 4.45. The SMILES string of the molecule is CCSc1cccc(NCC2CCOCC2)c1C(=O)O. The average molecular weight is 295 g/mol. The fourth-order valence-corrected chi connectivity index (χ4v) is 3.21. The summed E-state index contributed by atoms with van der Waals surface area (Å²) in [5.74, 6) is 0.563. The lowest BCUT2D eigenvalue weighted by atomic mass is 10.00. The van der Waals surface area contributed by atoms with Crippen molar-refractivity contribution in [3.8, 4) is 0 Å². The third kappa shape index (κ3) is 3.90. The normalized spacial score (nSPS) is 16.1. The van der Waals surface area contributed by atoms with Crippen LogP contribution >= 0.6 is 11.8 Å². The maximum absolute atomic E-state index is 11.5. The number of nitrogens with one attached hydrogen (secondary N) is 1. The van der Waals surface area contributed by atoms with Gasteiger partial charge in [-0.15, -0.1) is 11.8 Å². The lowest BCUT2D eigenvalue weighted by molar-refractivity contribution is 0.0686. The van der Waals surface area contributed by atoms with E-state index in [0.29, 0.717) is 11.5 Å². The Morgan fingerprint density at radius 2 is 2.20 bits per heavy atom. The highest BCUT2D eigenvalue weighted by Crippen LogP contribution is 2.29. The smallest absolute Gasteiger partial charge is 0.338 e. The van der Waals surface area contributed by atoms with Gasteiger partial charge in [-0.25, -0.2) is 4.79 Å². The topological polar surface area (TPSA) is 58.6 Å². The summed E-state index contributed by atoms with van der Waals surface area (Å²) in [7, 11) is 0. The van der Waals surface area contributed by atoms with E-state index in [9.17, 15) is 9.90 Å². The number of rotatable bonds is 6. The fourth-order valence-electron chi connectivity index (χ4n) is 2.38. The van der Waals surface area contributed by atoms with Crippen LogP contribution in [0.3, 0.4) is 0 Å². The lowest BCUT2D eigenvalue weighted by Crippen LogP contribution is -2.23. The number of carbonyl (C=O) groups is 1. The van der Waals surface area contributed by atoms with Gasteiger partial charge in [-0.2, -0.15) is 0 Å². The Labute approximate surface area is 123 Å². The Morgan fingerprint density at radius 1 is 1.45 bits per heavy atom. The molecule has 1 saturated heterocycles. The van der Waals surface area contributed by atoms with Gasteiger partial charge in [-0.05, 0) is 36.6 Å². The van der Waals surface area contributed by atoms with Crippen molar-refractivity contribution in [2.45, 2.75) is 24.7 Å². The van der Waals surface area contributed by atoms with Crippen LogP contribution in [-0.2, 0) is 4.74 Å². The highest BCUT2D eigenvalue weighted by atomic mass is 32.2. The van der Waals surface area contributed by atoms with Crippen LogP contribution in [0.5, 0.6) is 0 Å². The molecule has 4 nitrogen and oxygen atoms in total. The Kier molecular flexibility index (Phi) is 5.73. The number of ether oxygens (including phenoxy) is 1. The van der Waals surface area contributed by atoms with E-state index >= 15 is 0 Å². The standard InChI is InChI=1S/C15H21NO3S/c1-2-20-13-5-3-4-12(14(13)15(17)18)16-10-11-6-8-19-9-7-11/h3-5,11,16H,2,6-10H2,1H3,(H,17,18). The summed E-state index contributed by atoms with van der Waals surface area (Å²) in [5, 5.41) is 12.8. The third-order valence-electron chi connectivity index (χ3n) is 3.46. The van der Waals surface area contributed by atoms with Crippen LogP contribution in [0.1, 0.15) is 30.1 Å². The molecule has 2 rings (SSSR count). The van der Waals surface area contributed by atoms with E-state index in [1.807, 2.05) is 25.1 Å². The summed E-state index contributed by atoms with van der Waals surface area (Å²) >= 11 is 1.57. The van der Waals surface area contributed by atoms with Gasteiger partial charge in [0.25, 0.3) is 0 Å². The molecule has 5 heteroatoms. The second-order valence-corrected chi connectivity index (χ2v) is 6.16. The van der Waals surface area contributed by atoms with Gasteiger partial charge in [0.2, 0.25) is 0 Å². The van der Waals surface area contributed by atoms with Crippen LogP contribution in [0.2, 0.25) is 0 Å². The van der Waals surface area contributed by atoms with Gasteiger partial charge in [0, 0.05) is 30.3 Å². The number of carboxylic acids is 1. The molecule has 110 valence electrons. The molecule has 2 N–H and O–H groups in total. The first-order valence-electron chi connectivity index (χ1n) is 7.03. The van der Waals surface area contributed by atoms with E-state index in [-0.39, 0.29) is 0 Å². The van der Waals surface area contributed by atoms with Gasteiger partial charge in [-0.1, -0.05) is 13.0 Å². The molecule has 20 heavy (non-hydrogen) atoms. The number of hydrogen-bond donors (Lipinski definition) is 2. The number of carboxylic acid groups (broad SMARTS) is 1. The molecule has 1 aromatic carbocycles. The molecule has 0 amide bonds. The zero-order valence-corrected chi connectivity index (χ0v) is 12.5. The molecule has 1 aliphatic heterocycles. The van der Waals surface area contributed by atoms with Crippen molar-refractivity contribution in [3.05, 3.63) is 23.8 Å². The number of anilines is 1. The van der Waals surface area contributed by atoms with Crippen molar-refractivity contribution in [2.24, 2.45) is 5.92 Å². The minimum atomic E-state index is -0.865. The molecular weight excluding hydrogens is 274 g/mol. The summed E-state index contributed by atoms with van der Waals surface area (Å²) < 4.78 is 5.34. The molecule has 1 aromatic rings. The molecule has 0 spiro atoms. The Morgan fingerprint density at radius 3 is 2.85 bits per heavy atom. The van der Waals surface area contributed by atoms with Gasteiger partial charge in [0.1, 0.15) is 0 Å². The average Bonchev–Trinajstić information content (AvgIpc) is 2.46. The molecular formula is C15H21NO3S. The molecule has 0 aliphatic carbocycles. The molecule has 0 bridgehead atoms. The van der Waals surface area contributed by atoms with Crippen LogP contribution in [0.25, 0.3) is 0 Å². The van der Waals surface area contributed by atoms with Crippen LogP contribution in [0.15, 0.2) is 23.1 Å². The minimum Gasteiger partial charge on any atom is -0.478 e. The van der Waals surface area contributed by atoms with E-state index in [1.54, 1.807) is 11.8 Å². The van der Waals surface area contributed by atoms with Gasteiger partial charge in [-0.3, -0.25) is 0 Å². The maximum atomic E-state index is 11.5. The first-order valence-corrected chi connectivity index (χ1v) is 8.01. The summed E-state index contributed by atoms with van der Waals surface area (Å²) in [6, 6.07) is 5.64. The zero-order valence-electron chi connectivity index (χ0n) is 11.7. The van der Waals surface area contributed by atoms with Crippen LogP contribution in [-0.4, -0.2) is 36.6 Å². The summed E-state index contributed by atoms with van der Waals surface area (Å²) in [4.78, 5) is 12.3. The first kappa shape index (κ1) is 15.2. The number of hydrogen-bond acceptors (Lipinski definition) is 4. The van der Waals surface area contributed by atoms with E-state index in [4.69, 9.17) is 4.74 Å². The monoisotopic (exact) mass is 295 g/mol. The van der Waals surface area contributed by atoms with E-state index in [0.717, 1.165) is 48.9 Å². The van der Waals surface area contributed by atoms with E-state index in [1.165, 1.54) is 0 Å². The van der Waals surface area contributed by atoms with Gasteiger partial charge >= 0.3 is 5.97 Å². The Bertz CT molecular complexity index is 458. The maximum Gasteiger partial charge on any atom is 0.338 e. The van der Waals surface area contributed by atoms with E-state index in [2.05, 4.69) is 5.32 Å². The molecule has 0 aromatic heterocycles. The second kappa shape index (κ2) is 7.55. The zero-order chi connectivity index (χ0) is 14.4. The molecule has 0 atom stereocenters. The molecule has 0 saturated carbocycles. The third-order valence-corrected chi connectivity index (χ3v) is 4.40. The lowest BCUT2D eigenvalue weighted by Gasteiger charge is -2.23. The number of aromatic carboxylic acids is 1. The number of benzene rings is 1. The molecule has 0 unspecified atom stereocenters. The van der Waals surface area contributed by atoms with Crippen molar-refractivity contribution in [3.63, 3.8) is 0 Å². The molecule has 1 aliphatic rings. The van der Waals surface area contributed by atoms with Crippen molar-refractivity contribution < 1.29 is 14.6 Å². The van der Waals surface area contributed by atoms with Crippen LogP contribution in [0.4, 0.5) is 5.69 Å². The molecule has 1 fully saturated rings. The number of thioether (sulfide) groups is 1. The predicted molar refractivity (Wildman–Crippen MR) is 81.8 cm³/mol. The molecule has 0 radical (unpaired) electrons. The van der Waals surface area contributed by atoms with Crippen molar-refractivity contribution in [2.75, 3.05) is 30.8 Å². The second-order valence-electron chi connectivity index (χ2n) is 4.85. The highest BCUT2D eigenvalue weighted by molar-refractivity contribution is 7.99. The first-order chi connectivity index (χ1) is 9.72. The minimum absolute atomic E-state index is 0.395. The van der Waals surface area contributed by atoms with Gasteiger partial charge in [0.15, 0.2) is 0 Å². The fraction of sp³-hybridized carbons (Fsp3) is 0.533. The largest absolute Gasteiger partial charge is 0.478 e. The summed E-state index contributed by atoms with van der Waals surface area (Å²) in [6.07, 6.45) is 2.08. The van der Waals surface area contributed by atoms with Crippen molar-refractivity contribution in [1.29, 1.82) is 0 Å². The van der Waals surface area contributed by atoms with Gasteiger partial charge in [0.05, 0.1) is 5.56 Å². The van der Waals surface area contributed by atoms with Crippen LogP contribution in [0, 0.1) is 5.92 Å². The Balaban J connectivity index is 2.09. The Hall–Kier alpha value is -1.20. The molecule has 1 heterocycles. The predicted octanol–water partition coefficient (Wildman–Crippen LogP) is 3.34. The van der Waals surface area contributed by atoms with Crippen LogP contribution < -0.4 is 5.32 Å². The van der Waals surface area contributed by atoms with Gasteiger partial charge < -0.3 is 15.2 Å². The highest BCUT2D eigenvalue weighted by Gasteiger charge is 2.18. The summed E-state index contributed by atoms with van der Waals surface area (Å²) in [5.41, 5.74) is 1.12. The van der Waals surface area contributed by atoms with Crippen molar-refractivity contribution >= 4 is 23.4 Å². The quantitative estimate of drug-likeness (QED) is 0.788. The van der Waals surface area contributed by atoms with E-state index < -0.39 is 5.97 Å².